The van der Waals surface area contributed by atoms with Crippen LogP contribution in [0.3, 0.4) is 0 Å². The Morgan fingerprint density at radius 2 is 1.86 bits per heavy atom. The van der Waals surface area contributed by atoms with Gasteiger partial charge in [-0.2, -0.15) is 0 Å². The molecule has 1 aromatic heterocycles. The number of hydrogen-bond donors (Lipinski definition) is 2. The molecule has 0 unspecified atom stereocenters. The van der Waals surface area contributed by atoms with E-state index in [1.54, 1.807) is 18.2 Å². The van der Waals surface area contributed by atoms with Crippen LogP contribution in [0.5, 0.6) is 0 Å². The fourth-order valence-electron chi connectivity index (χ4n) is 2.18. The van der Waals surface area contributed by atoms with Gasteiger partial charge in [-0.25, -0.2) is 13.4 Å². The van der Waals surface area contributed by atoms with Gasteiger partial charge < -0.3 is 10.7 Å². The molecule has 0 spiro atoms. The third-order valence-electron chi connectivity index (χ3n) is 3.28. The number of aromatic nitrogens is 2. The number of H-pyrrole nitrogens is 1. The number of nitrogen functional groups attached to an aromatic ring is 1. The lowest BCUT2D eigenvalue weighted by Gasteiger charge is -1.98. The third-order valence-corrected chi connectivity index (χ3v) is 4.39. The van der Waals surface area contributed by atoms with E-state index in [-0.39, 0.29) is 4.90 Å². The maximum atomic E-state index is 11.6. The predicted molar refractivity (Wildman–Crippen MR) is 82.9 cm³/mol. The van der Waals surface area contributed by atoms with E-state index in [2.05, 4.69) is 9.97 Å². The van der Waals surface area contributed by atoms with Gasteiger partial charge in [0, 0.05) is 18.4 Å². The number of anilines is 1. The summed E-state index contributed by atoms with van der Waals surface area (Å²) in [6, 6.07) is 12.5. The van der Waals surface area contributed by atoms with E-state index in [0.29, 0.717) is 6.42 Å². The van der Waals surface area contributed by atoms with Crippen LogP contribution in [0.4, 0.5) is 5.69 Å². The molecule has 108 valence electrons. The van der Waals surface area contributed by atoms with E-state index in [4.69, 9.17) is 5.73 Å². The summed E-state index contributed by atoms with van der Waals surface area (Å²) in [7, 11) is -3.21. The molecule has 0 saturated carbocycles. The van der Waals surface area contributed by atoms with Gasteiger partial charge in [-0.05, 0) is 35.9 Å². The summed E-state index contributed by atoms with van der Waals surface area (Å²) >= 11 is 0. The molecular weight excluding hydrogens is 286 g/mol. The van der Waals surface area contributed by atoms with Crippen molar-refractivity contribution in [3.05, 3.63) is 53.9 Å². The van der Waals surface area contributed by atoms with E-state index in [1.807, 2.05) is 24.3 Å². The number of fused-ring (bicyclic) bond motifs is 1. The molecule has 3 aromatic rings. The number of rotatable bonds is 3. The number of nitrogens with zero attached hydrogens (tertiary/aromatic N) is 1. The Morgan fingerprint density at radius 1 is 1.14 bits per heavy atom. The Labute approximate surface area is 122 Å². The number of sulfone groups is 1. The first kappa shape index (κ1) is 13.6. The zero-order valence-corrected chi connectivity index (χ0v) is 12.3. The number of benzene rings is 2. The van der Waals surface area contributed by atoms with Gasteiger partial charge in [0.1, 0.15) is 5.82 Å². The van der Waals surface area contributed by atoms with Crippen molar-refractivity contribution < 1.29 is 8.42 Å². The van der Waals surface area contributed by atoms with Crippen molar-refractivity contribution in [1.82, 2.24) is 9.97 Å². The van der Waals surface area contributed by atoms with Crippen molar-refractivity contribution >= 4 is 26.6 Å². The summed E-state index contributed by atoms with van der Waals surface area (Å²) in [5.41, 5.74) is 8.95. The molecule has 0 atom stereocenters. The van der Waals surface area contributed by atoms with Crippen molar-refractivity contribution in [2.24, 2.45) is 0 Å². The first-order valence-corrected chi connectivity index (χ1v) is 8.34. The Hall–Kier alpha value is -2.34. The summed E-state index contributed by atoms with van der Waals surface area (Å²) in [6.07, 6.45) is 1.84. The average Bonchev–Trinajstić information content (AvgIpc) is 2.81. The normalized spacial score (nSPS) is 11.9. The van der Waals surface area contributed by atoms with Gasteiger partial charge in [0.15, 0.2) is 9.84 Å². The summed E-state index contributed by atoms with van der Waals surface area (Å²) in [5.74, 6) is 0.792. The second kappa shape index (κ2) is 4.89. The molecule has 6 heteroatoms. The molecular formula is C15H15N3O2S. The molecule has 3 rings (SSSR count). The lowest BCUT2D eigenvalue weighted by atomic mass is 10.1. The smallest absolute Gasteiger partial charge is 0.175 e. The first-order chi connectivity index (χ1) is 9.91. The maximum Gasteiger partial charge on any atom is 0.175 e. The van der Waals surface area contributed by atoms with Crippen LogP contribution in [0, 0.1) is 0 Å². The molecule has 0 saturated heterocycles. The summed E-state index contributed by atoms with van der Waals surface area (Å²) in [6.45, 7) is 0. The molecule has 0 amide bonds. The molecule has 0 fully saturated rings. The topological polar surface area (TPSA) is 88.8 Å². The van der Waals surface area contributed by atoms with E-state index in [0.717, 1.165) is 28.1 Å². The van der Waals surface area contributed by atoms with Crippen LogP contribution in [0.25, 0.3) is 11.0 Å². The van der Waals surface area contributed by atoms with Crippen LogP contribution >= 0.6 is 0 Å². The van der Waals surface area contributed by atoms with Gasteiger partial charge in [0.2, 0.25) is 0 Å². The van der Waals surface area contributed by atoms with Gasteiger partial charge >= 0.3 is 0 Å². The molecule has 21 heavy (non-hydrogen) atoms. The number of imidazole rings is 1. The SMILES string of the molecule is CS(=O)(=O)c1ccc2nc(Cc3ccc(N)cc3)[nH]c2c1. The Bertz CT molecular complexity index is 896. The largest absolute Gasteiger partial charge is 0.399 e. The van der Waals surface area contributed by atoms with Crippen molar-refractivity contribution in [1.29, 1.82) is 0 Å². The molecule has 0 aliphatic carbocycles. The highest BCUT2D eigenvalue weighted by Crippen LogP contribution is 2.19. The second-order valence-electron chi connectivity index (χ2n) is 5.05. The molecule has 0 radical (unpaired) electrons. The van der Waals surface area contributed by atoms with E-state index in [9.17, 15) is 8.42 Å². The van der Waals surface area contributed by atoms with Crippen molar-refractivity contribution in [3.8, 4) is 0 Å². The monoisotopic (exact) mass is 301 g/mol. The molecule has 5 nitrogen and oxygen atoms in total. The zero-order valence-electron chi connectivity index (χ0n) is 11.5. The molecule has 3 N–H and O–H groups in total. The lowest BCUT2D eigenvalue weighted by molar-refractivity contribution is 0.602. The summed E-state index contributed by atoms with van der Waals surface area (Å²) < 4.78 is 23.1. The van der Waals surface area contributed by atoms with E-state index < -0.39 is 9.84 Å². The van der Waals surface area contributed by atoms with Crippen LogP contribution in [-0.2, 0) is 16.3 Å². The Morgan fingerprint density at radius 3 is 2.52 bits per heavy atom. The van der Waals surface area contributed by atoms with Gasteiger partial charge in [-0.1, -0.05) is 12.1 Å². The van der Waals surface area contributed by atoms with Gasteiger partial charge in [0.05, 0.1) is 15.9 Å². The number of aromatic amines is 1. The number of hydrogen-bond acceptors (Lipinski definition) is 4. The fourth-order valence-corrected chi connectivity index (χ4v) is 2.83. The van der Waals surface area contributed by atoms with Crippen molar-refractivity contribution in [2.75, 3.05) is 12.0 Å². The zero-order chi connectivity index (χ0) is 15.0. The highest BCUT2D eigenvalue weighted by atomic mass is 32.2. The van der Waals surface area contributed by atoms with Crippen molar-refractivity contribution in [2.45, 2.75) is 11.3 Å². The standard InChI is InChI=1S/C15H15N3O2S/c1-21(19,20)12-6-7-13-14(9-12)18-15(17-13)8-10-2-4-11(16)5-3-10/h2-7,9H,8,16H2,1H3,(H,17,18). The molecule has 0 aliphatic heterocycles. The van der Waals surface area contributed by atoms with Crippen molar-refractivity contribution in [3.63, 3.8) is 0 Å². The number of nitrogens with one attached hydrogen (secondary N) is 1. The second-order valence-corrected chi connectivity index (χ2v) is 7.07. The summed E-state index contributed by atoms with van der Waals surface area (Å²) in [5, 5.41) is 0. The highest BCUT2D eigenvalue weighted by Gasteiger charge is 2.10. The molecule has 0 aliphatic rings. The van der Waals surface area contributed by atoms with Crippen LogP contribution in [-0.4, -0.2) is 24.6 Å². The van der Waals surface area contributed by atoms with Gasteiger partial charge in [0.25, 0.3) is 0 Å². The third kappa shape index (κ3) is 2.90. The van der Waals surface area contributed by atoms with E-state index >= 15 is 0 Å². The maximum absolute atomic E-state index is 11.6. The minimum Gasteiger partial charge on any atom is -0.399 e. The van der Waals surface area contributed by atoms with E-state index in [1.165, 1.54) is 6.26 Å². The summed E-state index contributed by atoms with van der Waals surface area (Å²) in [4.78, 5) is 7.93. The predicted octanol–water partition coefficient (Wildman–Crippen LogP) is 2.14. The average molecular weight is 301 g/mol. The van der Waals surface area contributed by atoms with Crippen LogP contribution in [0.15, 0.2) is 47.4 Å². The van der Waals surface area contributed by atoms with Crippen LogP contribution in [0.2, 0.25) is 0 Å². The molecule has 0 bridgehead atoms. The quantitative estimate of drug-likeness (QED) is 0.725. The number of nitrogens with two attached hydrogens (primary N) is 1. The van der Waals surface area contributed by atoms with Crippen LogP contribution in [0.1, 0.15) is 11.4 Å². The highest BCUT2D eigenvalue weighted by molar-refractivity contribution is 7.90. The Kier molecular flexibility index (Phi) is 3.17. The van der Waals surface area contributed by atoms with Gasteiger partial charge in [-0.3, -0.25) is 0 Å². The minimum absolute atomic E-state index is 0.290. The molecule has 2 aromatic carbocycles. The first-order valence-electron chi connectivity index (χ1n) is 6.45. The Balaban J connectivity index is 1.95. The lowest BCUT2D eigenvalue weighted by Crippen LogP contribution is -1.96. The fraction of sp³-hybridized carbons (Fsp3) is 0.133. The minimum atomic E-state index is -3.21. The van der Waals surface area contributed by atoms with Gasteiger partial charge in [-0.15, -0.1) is 0 Å². The molecule has 1 heterocycles. The van der Waals surface area contributed by atoms with Crippen LogP contribution < -0.4 is 5.73 Å².